The Kier molecular flexibility index (Phi) is 7.20. The number of nitrogens with two attached hydrogens (primary N) is 1. The van der Waals surface area contributed by atoms with Gasteiger partial charge in [0.15, 0.2) is 0 Å². The molecule has 0 saturated heterocycles. The number of nitrogens with zero attached hydrogens (tertiary/aromatic N) is 1. The minimum atomic E-state index is -1.04. The Hall–Kier alpha value is -1.36. The standard InChI is InChI=1S/C11H20N2O3/c1-3-5-6-9(12)11(16)13(7-4-2)8-10(14)15/h4,9H,2-3,5-8,12H2,1H3,(H,14,15)/t9-/m0/s1. The number of hydrogen-bond acceptors (Lipinski definition) is 3. The predicted octanol–water partition coefficient (Wildman–Crippen LogP) is 0.603. The Bertz CT molecular complexity index is 254. The Morgan fingerprint density at radius 2 is 2.19 bits per heavy atom. The molecule has 0 aliphatic rings. The SMILES string of the molecule is C=CCN(CC(=O)O)C(=O)[C@@H](N)CCCC. The highest BCUT2D eigenvalue weighted by Crippen LogP contribution is 2.03. The van der Waals surface area contributed by atoms with Gasteiger partial charge in [-0.25, -0.2) is 0 Å². The Morgan fingerprint density at radius 3 is 2.62 bits per heavy atom. The zero-order valence-electron chi connectivity index (χ0n) is 9.69. The van der Waals surface area contributed by atoms with Crippen LogP contribution in [0.3, 0.4) is 0 Å². The lowest BCUT2D eigenvalue weighted by Gasteiger charge is -2.22. The topological polar surface area (TPSA) is 83.6 Å². The molecule has 3 N–H and O–H groups in total. The molecule has 0 aliphatic heterocycles. The molecule has 0 aromatic rings. The quantitative estimate of drug-likeness (QED) is 0.596. The zero-order valence-corrected chi connectivity index (χ0v) is 9.69. The van der Waals surface area contributed by atoms with Crippen molar-refractivity contribution in [3.63, 3.8) is 0 Å². The van der Waals surface area contributed by atoms with Crippen molar-refractivity contribution in [1.82, 2.24) is 4.90 Å². The highest BCUT2D eigenvalue weighted by atomic mass is 16.4. The number of hydrogen-bond donors (Lipinski definition) is 2. The van der Waals surface area contributed by atoms with Crippen LogP contribution in [0.5, 0.6) is 0 Å². The van der Waals surface area contributed by atoms with E-state index < -0.39 is 12.0 Å². The lowest BCUT2D eigenvalue weighted by Crippen LogP contribution is -2.45. The molecule has 0 aromatic heterocycles. The number of carbonyl (C=O) groups is 2. The van der Waals surface area contributed by atoms with Gasteiger partial charge in [0.25, 0.3) is 0 Å². The van der Waals surface area contributed by atoms with Crippen LogP contribution in [0, 0.1) is 0 Å². The summed E-state index contributed by atoms with van der Waals surface area (Å²) in [5.41, 5.74) is 5.69. The van der Waals surface area contributed by atoms with Gasteiger partial charge in [0.05, 0.1) is 6.04 Å². The molecule has 16 heavy (non-hydrogen) atoms. The van der Waals surface area contributed by atoms with Crippen molar-refractivity contribution in [2.24, 2.45) is 5.73 Å². The average Bonchev–Trinajstić information content (AvgIpc) is 2.23. The van der Waals surface area contributed by atoms with Crippen LogP contribution < -0.4 is 5.73 Å². The van der Waals surface area contributed by atoms with E-state index in [1.807, 2.05) is 6.92 Å². The van der Waals surface area contributed by atoms with Gasteiger partial charge in [0.2, 0.25) is 5.91 Å². The van der Waals surface area contributed by atoms with E-state index in [0.29, 0.717) is 6.42 Å². The van der Waals surface area contributed by atoms with E-state index in [1.54, 1.807) is 0 Å². The van der Waals surface area contributed by atoms with Crippen molar-refractivity contribution in [3.05, 3.63) is 12.7 Å². The molecule has 0 fully saturated rings. The highest BCUT2D eigenvalue weighted by molar-refractivity contribution is 5.85. The van der Waals surface area contributed by atoms with Crippen LogP contribution in [0.4, 0.5) is 0 Å². The van der Waals surface area contributed by atoms with Gasteiger partial charge < -0.3 is 15.7 Å². The number of aliphatic carboxylic acids is 1. The van der Waals surface area contributed by atoms with Crippen molar-refractivity contribution in [1.29, 1.82) is 0 Å². The Balaban J connectivity index is 4.34. The minimum absolute atomic E-state index is 0.213. The monoisotopic (exact) mass is 228 g/mol. The van der Waals surface area contributed by atoms with Gasteiger partial charge in [-0.15, -0.1) is 6.58 Å². The number of carboxylic acid groups (broad SMARTS) is 1. The van der Waals surface area contributed by atoms with E-state index in [9.17, 15) is 9.59 Å². The molecule has 0 spiro atoms. The summed E-state index contributed by atoms with van der Waals surface area (Å²) in [5, 5.41) is 8.65. The third-order valence-electron chi connectivity index (χ3n) is 2.17. The van der Waals surface area contributed by atoms with Crippen LogP contribution >= 0.6 is 0 Å². The van der Waals surface area contributed by atoms with Crippen LogP contribution in [-0.2, 0) is 9.59 Å². The van der Waals surface area contributed by atoms with E-state index >= 15 is 0 Å². The lowest BCUT2D eigenvalue weighted by molar-refractivity contribution is -0.144. The highest BCUT2D eigenvalue weighted by Gasteiger charge is 2.21. The lowest BCUT2D eigenvalue weighted by atomic mass is 10.1. The molecule has 5 heteroatoms. The molecule has 0 unspecified atom stereocenters. The maximum Gasteiger partial charge on any atom is 0.323 e. The van der Waals surface area contributed by atoms with E-state index in [0.717, 1.165) is 12.8 Å². The van der Waals surface area contributed by atoms with Gasteiger partial charge >= 0.3 is 5.97 Å². The minimum Gasteiger partial charge on any atom is -0.480 e. The second-order valence-electron chi connectivity index (χ2n) is 3.65. The van der Waals surface area contributed by atoms with Gasteiger partial charge in [-0.2, -0.15) is 0 Å². The molecular weight excluding hydrogens is 208 g/mol. The van der Waals surface area contributed by atoms with Gasteiger partial charge in [-0.3, -0.25) is 9.59 Å². The predicted molar refractivity (Wildman–Crippen MR) is 61.9 cm³/mol. The largest absolute Gasteiger partial charge is 0.480 e. The van der Waals surface area contributed by atoms with Crippen molar-refractivity contribution in [2.75, 3.05) is 13.1 Å². The number of unbranched alkanes of at least 4 members (excludes halogenated alkanes) is 1. The second-order valence-corrected chi connectivity index (χ2v) is 3.65. The summed E-state index contributed by atoms with van der Waals surface area (Å²) >= 11 is 0. The van der Waals surface area contributed by atoms with Crippen LogP contribution in [0.2, 0.25) is 0 Å². The molecule has 0 radical (unpaired) electrons. The number of rotatable bonds is 8. The molecule has 0 heterocycles. The van der Waals surface area contributed by atoms with Crippen molar-refractivity contribution < 1.29 is 14.7 Å². The maximum absolute atomic E-state index is 11.8. The summed E-state index contributed by atoms with van der Waals surface area (Å²) in [5.74, 6) is -1.37. The first-order chi connectivity index (χ1) is 7.52. The fourth-order valence-corrected chi connectivity index (χ4v) is 1.33. The molecule has 92 valence electrons. The fraction of sp³-hybridized carbons (Fsp3) is 0.636. The Morgan fingerprint density at radius 1 is 1.56 bits per heavy atom. The third-order valence-corrected chi connectivity index (χ3v) is 2.17. The summed E-state index contributed by atoms with van der Waals surface area (Å²) in [6, 6.07) is -0.612. The first kappa shape index (κ1) is 14.6. The van der Waals surface area contributed by atoms with Crippen LogP contribution in [0.1, 0.15) is 26.2 Å². The van der Waals surface area contributed by atoms with Crippen molar-refractivity contribution >= 4 is 11.9 Å². The van der Waals surface area contributed by atoms with Gasteiger partial charge in [-0.1, -0.05) is 25.8 Å². The molecule has 1 atom stereocenters. The molecule has 0 rings (SSSR count). The zero-order chi connectivity index (χ0) is 12.6. The smallest absolute Gasteiger partial charge is 0.323 e. The van der Waals surface area contributed by atoms with Gasteiger partial charge in [0.1, 0.15) is 6.54 Å². The van der Waals surface area contributed by atoms with Crippen molar-refractivity contribution in [3.8, 4) is 0 Å². The third kappa shape index (κ3) is 5.50. The van der Waals surface area contributed by atoms with Crippen LogP contribution in [0.25, 0.3) is 0 Å². The average molecular weight is 228 g/mol. The van der Waals surface area contributed by atoms with Crippen LogP contribution in [-0.4, -0.2) is 41.0 Å². The summed E-state index contributed by atoms with van der Waals surface area (Å²) in [6.07, 6.45) is 3.90. The molecule has 0 aliphatic carbocycles. The van der Waals surface area contributed by atoms with E-state index in [-0.39, 0.29) is 19.0 Å². The van der Waals surface area contributed by atoms with Gasteiger partial charge in [0, 0.05) is 6.54 Å². The molecule has 0 bridgehead atoms. The first-order valence-corrected chi connectivity index (χ1v) is 5.40. The molecule has 0 saturated carbocycles. The number of carboxylic acids is 1. The van der Waals surface area contributed by atoms with Crippen LogP contribution in [0.15, 0.2) is 12.7 Å². The molecule has 5 nitrogen and oxygen atoms in total. The van der Waals surface area contributed by atoms with E-state index in [2.05, 4.69) is 6.58 Å². The molecular formula is C11H20N2O3. The normalized spacial score (nSPS) is 11.9. The van der Waals surface area contributed by atoms with E-state index in [1.165, 1.54) is 11.0 Å². The first-order valence-electron chi connectivity index (χ1n) is 5.40. The summed E-state index contributed by atoms with van der Waals surface area (Å²) in [4.78, 5) is 23.5. The number of carbonyl (C=O) groups excluding carboxylic acids is 1. The molecule has 0 aromatic carbocycles. The van der Waals surface area contributed by atoms with E-state index in [4.69, 9.17) is 10.8 Å². The summed E-state index contributed by atoms with van der Waals surface area (Å²) < 4.78 is 0. The fourth-order valence-electron chi connectivity index (χ4n) is 1.33. The van der Waals surface area contributed by atoms with Crippen molar-refractivity contribution in [2.45, 2.75) is 32.2 Å². The number of amides is 1. The second kappa shape index (κ2) is 7.87. The Labute approximate surface area is 95.9 Å². The summed E-state index contributed by atoms with van der Waals surface area (Å²) in [7, 11) is 0. The van der Waals surface area contributed by atoms with Gasteiger partial charge in [-0.05, 0) is 6.42 Å². The summed E-state index contributed by atoms with van der Waals surface area (Å²) in [6.45, 7) is 5.38. The molecule has 1 amide bonds. The maximum atomic E-state index is 11.8.